The Balaban J connectivity index is 3.58. The number of amides is 1. The lowest BCUT2D eigenvalue weighted by molar-refractivity contribution is -0.124. The van der Waals surface area contributed by atoms with Crippen molar-refractivity contribution in [2.45, 2.75) is 334 Å². The summed E-state index contributed by atoms with van der Waals surface area (Å²) in [4.78, 5) is 12.5. The maximum atomic E-state index is 12.5. The second-order valence-electron chi connectivity index (χ2n) is 20.2. The largest absolute Gasteiger partial charge is 0.394 e. The smallest absolute Gasteiger partial charge is 0.222 e. The van der Waals surface area contributed by atoms with Gasteiger partial charge in [-0.3, -0.25) is 4.79 Å². The van der Waals surface area contributed by atoms with Gasteiger partial charge in [0.1, 0.15) is 0 Å². The van der Waals surface area contributed by atoms with E-state index < -0.39 is 18.2 Å². The maximum absolute atomic E-state index is 12.5. The second-order valence-corrected chi connectivity index (χ2v) is 20.2. The third-order valence-corrected chi connectivity index (χ3v) is 13.6. The average molecular weight is 915 g/mol. The van der Waals surface area contributed by atoms with Crippen molar-refractivity contribution in [2.24, 2.45) is 0 Å². The van der Waals surface area contributed by atoms with Crippen molar-refractivity contribution in [1.29, 1.82) is 0 Å². The van der Waals surface area contributed by atoms with Gasteiger partial charge in [-0.25, -0.2) is 0 Å². The van der Waals surface area contributed by atoms with Gasteiger partial charge in [0.15, 0.2) is 0 Å². The van der Waals surface area contributed by atoms with Crippen LogP contribution in [0.25, 0.3) is 0 Å². The Kier molecular flexibility index (Phi) is 54.0. The number of hydrogen-bond acceptors (Lipinski definition) is 4. The van der Waals surface area contributed by atoms with E-state index in [1.54, 1.807) is 6.08 Å². The highest BCUT2D eigenvalue weighted by atomic mass is 16.3. The molecular weight excluding hydrogens is 799 g/mol. The third-order valence-electron chi connectivity index (χ3n) is 13.6. The molecule has 3 unspecified atom stereocenters. The van der Waals surface area contributed by atoms with E-state index in [1.807, 2.05) is 6.08 Å². The highest BCUT2D eigenvalue weighted by Gasteiger charge is 2.20. The monoisotopic (exact) mass is 914 g/mol. The summed E-state index contributed by atoms with van der Waals surface area (Å²) >= 11 is 0. The molecule has 4 N–H and O–H groups in total. The van der Waals surface area contributed by atoms with Crippen LogP contribution in [0.4, 0.5) is 0 Å². The lowest BCUT2D eigenvalue weighted by Gasteiger charge is -2.21. The Morgan fingerprint density at radius 2 is 0.662 bits per heavy atom. The first kappa shape index (κ1) is 63.6. The zero-order valence-corrected chi connectivity index (χ0v) is 43.9. The molecule has 0 spiro atoms. The van der Waals surface area contributed by atoms with Crippen molar-refractivity contribution in [3.05, 3.63) is 36.5 Å². The molecule has 0 aromatic rings. The van der Waals surface area contributed by atoms with Crippen molar-refractivity contribution in [3.63, 3.8) is 0 Å². The number of nitrogens with one attached hydrogen (secondary N) is 1. The molecule has 0 aliphatic rings. The number of aliphatic hydroxyl groups is 3. The molecular formula is C60H115NO4. The van der Waals surface area contributed by atoms with Crippen LogP contribution in [-0.4, -0.2) is 46.1 Å². The van der Waals surface area contributed by atoms with Crippen LogP contribution >= 0.6 is 0 Å². The van der Waals surface area contributed by atoms with Crippen molar-refractivity contribution in [3.8, 4) is 0 Å². The zero-order chi connectivity index (χ0) is 47.2. The van der Waals surface area contributed by atoms with Crippen LogP contribution < -0.4 is 5.32 Å². The molecule has 0 rings (SSSR count). The summed E-state index contributed by atoms with van der Waals surface area (Å²) in [6.07, 6.45) is 72.0. The van der Waals surface area contributed by atoms with Gasteiger partial charge >= 0.3 is 0 Å². The van der Waals surface area contributed by atoms with Crippen molar-refractivity contribution < 1.29 is 20.1 Å². The summed E-state index contributed by atoms with van der Waals surface area (Å²) in [7, 11) is 0. The molecule has 0 aliphatic carbocycles. The van der Waals surface area contributed by atoms with Gasteiger partial charge in [-0.05, 0) is 57.8 Å². The van der Waals surface area contributed by atoms with Gasteiger partial charge in [0, 0.05) is 0 Å². The Bertz CT molecular complexity index is 1010. The first-order chi connectivity index (χ1) is 32.0. The van der Waals surface area contributed by atoms with Gasteiger partial charge < -0.3 is 20.6 Å². The average Bonchev–Trinajstić information content (AvgIpc) is 3.30. The lowest BCUT2D eigenvalue weighted by atomic mass is 10.0. The molecule has 3 atom stereocenters. The van der Waals surface area contributed by atoms with Crippen LogP contribution in [0.1, 0.15) is 316 Å². The molecule has 0 saturated heterocycles. The summed E-state index contributed by atoms with van der Waals surface area (Å²) in [5.41, 5.74) is 0. The number of carbonyl (C=O) groups is 1. The van der Waals surface area contributed by atoms with E-state index in [-0.39, 0.29) is 18.9 Å². The number of hydrogen-bond donors (Lipinski definition) is 4. The van der Waals surface area contributed by atoms with E-state index in [1.165, 1.54) is 257 Å². The van der Waals surface area contributed by atoms with Gasteiger partial charge in [0.25, 0.3) is 0 Å². The summed E-state index contributed by atoms with van der Waals surface area (Å²) in [6.45, 7) is 4.24. The maximum Gasteiger partial charge on any atom is 0.222 e. The first-order valence-corrected chi connectivity index (χ1v) is 29.3. The van der Waals surface area contributed by atoms with Gasteiger partial charge in [-0.1, -0.05) is 288 Å². The minimum Gasteiger partial charge on any atom is -0.394 e. The fraction of sp³-hybridized carbons (Fsp3) is 0.883. The molecule has 0 saturated carbocycles. The molecule has 384 valence electrons. The molecule has 65 heavy (non-hydrogen) atoms. The number of aliphatic hydroxyl groups excluding tert-OH is 3. The fourth-order valence-corrected chi connectivity index (χ4v) is 9.18. The Labute approximate surface area is 406 Å². The molecule has 5 nitrogen and oxygen atoms in total. The molecule has 0 radical (unpaired) electrons. The third kappa shape index (κ3) is 51.8. The first-order valence-electron chi connectivity index (χ1n) is 29.3. The molecule has 5 heteroatoms. The highest BCUT2D eigenvalue weighted by Crippen LogP contribution is 2.17. The number of rotatable bonds is 54. The summed E-state index contributed by atoms with van der Waals surface area (Å²) in [5.74, 6) is -0.321. The van der Waals surface area contributed by atoms with Crippen LogP contribution in [0, 0.1) is 0 Å². The molecule has 0 aliphatic heterocycles. The lowest BCUT2D eigenvalue weighted by Crippen LogP contribution is -2.45. The van der Waals surface area contributed by atoms with Crippen LogP contribution in [0.2, 0.25) is 0 Å². The Morgan fingerprint density at radius 3 is 0.985 bits per heavy atom. The van der Waals surface area contributed by atoms with Crippen molar-refractivity contribution >= 4 is 5.91 Å². The van der Waals surface area contributed by atoms with E-state index in [0.717, 1.165) is 32.1 Å². The SMILES string of the molecule is CCCCCCCCCCCCCC/C=C\CCCCCCCCCCCCCCC(O)CC(=O)NC(CO)C(O)/C=C/CC/C=C/CCCCCCCCCCCCCCCCCC. The van der Waals surface area contributed by atoms with Crippen molar-refractivity contribution in [1.82, 2.24) is 5.32 Å². The molecule has 0 aromatic carbocycles. The van der Waals surface area contributed by atoms with Crippen LogP contribution in [0.5, 0.6) is 0 Å². The molecule has 0 fully saturated rings. The standard InChI is InChI=1S/C60H115NO4/c1-3-5-7-9-11-13-15-17-19-21-23-25-27-28-29-30-31-32-33-35-37-39-41-43-45-47-49-51-53-57(63)55-60(65)61-58(56-62)59(64)54-52-50-48-46-44-42-40-38-36-34-26-24-22-20-18-16-14-12-10-8-6-4-2/h28-29,44,46,52,54,57-59,62-64H,3-27,30-43,45,47-51,53,55-56H2,1-2H3,(H,61,65)/b29-28-,46-44+,54-52+. The van der Waals surface area contributed by atoms with Crippen molar-refractivity contribution in [2.75, 3.05) is 6.61 Å². The van der Waals surface area contributed by atoms with E-state index in [0.29, 0.717) is 6.42 Å². The van der Waals surface area contributed by atoms with Crippen LogP contribution in [0.3, 0.4) is 0 Å². The van der Waals surface area contributed by atoms with Gasteiger partial charge in [-0.15, -0.1) is 0 Å². The number of unbranched alkanes of at least 4 members (excludes halogenated alkanes) is 41. The molecule has 0 aromatic heterocycles. The predicted molar refractivity (Wildman–Crippen MR) is 287 cm³/mol. The van der Waals surface area contributed by atoms with E-state index in [4.69, 9.17) is 0 Å². The summed E-state index contributed by atoms with van der Waals surface area (Å²) in [6, 6.07) is -0.762. The Hall–Kier alpha value is -1.43. The predicted octanol–water partition coefficient (Wildman–Crippen LogP) is 18.2. The quantitative estimate of drug-likeness (QED) is 0.0361. The van der Waals surface area contributed by atoms with Gasteiger partial charge in [0.2, 0.25) is 5.91 Å². The van der Waals surface area contributed by atoms with Gasteiger partial charge in [-0.2, -0.15) is 0 Å². The minimum absolute atomic E-state index is 0.00728. The van der Waals surface area contributed by atoms with Crippen LogP contribution in [-0.2, 0) is 4.79 Å². The minimum atomic E-state index is -0.953. The molecule has 0 bridgehead atoms. The summed E-state index contributed by atoms with van der Waals surface area (Å²) in [5, 5.41) is 33.5. The Morgan fingerprint density at radius 1 is 0.385 bits per heavy atom. The molecule has 1 amide bonds. The second kappa shape index (κ2) is 55.2. The summed E-state index contributed by atoms with van der Waals surface area (Å²) < 4.78 is 0. The van der Waals surface area contributed by atoms with Gasteiger partial charge in [0.05, 0.1) is 31.3 Å². The molecule has 0 heterocycles. The normalized spacial score (nSPS) is 13.5. The number of carbonyl (C=O) groups excluding carboxylic acids is 1. The van der Waals surface area contributed by atoms with E-state index in [2.05, 4.69) is 43.5 Å². The topological polar surface area (TPSA) is 89.8 Å². The van der Waals surface area contributed by atoms with E-state index >= 15 is 0 Å². The van der Waals surface area contributed by atoms with E-state index in [9.17, 15) is 20.1 Å². The number of allylic oxidation sites excluding steroid dienone is 5. The fourth-order valence-electron chi connectivity index (χ4n) is 9.18. The zero-order valence-electron chi connectivity index (χ0n) is 43.9. The van der Waals surface area contributed by atoms with Crippen LogP contribution in [0.15, 0.2) is 36.5 Å². The highest BCUT2D eigenvalue weighted by molar-refractivity contribution is 5.76.